The summed E-state index contributed by atoms with van der Waals surface area (Å²) in [6, 6.07) is 14.4. The number of methoxy groups -OCH3 is 1. The van der Waals surface area contributed by atoms with Crippen molar-refractivity contribution >= 4 is 23.1 Å². The van der Waals surface area contributed by atoms with Gasteiger partial charge in [-0.25, -0.2) is 4.90 Å². The zero-order valence-electron chi connectivity index (χ0n) is 18.8. The van der Waals surface area contributed by atoms with E-state index < -0.39 is 5.91 Å². The van der Waals surface area contributed by atoms with E-state index in [1.807, 2.05) is 49.9 Å². The van der Waals surface area contributed by atoms with Crippen LogP contribution in [0.1, 0.15) is 26.3 Å². The SMILES string of the molecule is CCOc1ccccc1N1C(=O)C(c2ccccc2OC)=C(N2CC(C)OC(C)C2)C1=O. The maximum absolute atomic E-state index is 13.8. The van der Waals surface area contributed by atoms with Gasteiger partial charge in [-0.05, 0) is 39.0 Å². The van der Waals surface area contributed by atoms with E-state index >= 15 is 0 Å². The third-order valence-electron chi connectivity index (χ3n) is 5.58. The first-order valence-corrected chi connectivity index (χ1v) is 10.8. The minimum Gasteiger partial charge on any atom is -0.496 e. The Kier molecular flexibility index (Phi) is 6.19. The molecule has 2 heterocycles. The van der Waals surface area contributed by atoms with Crippen molar-refractivity contribution < 1.29 is 23.8 Å². The van der Waals surface area contributed by atoms with Gasteiger partial charge >= 0.3 is 0 Å². The van der Waals surface area contributed by atoms with Crippen LogP contribution in [0, 0.1) is 0 Å². The lowest BCUT2D eigenvalue weighted by Crippen LogP contribution is -2.47. The average Bonchev–Trinajstić information content (AvgIpc) is 3.03. The van der Waals surface area contributed by atoms with Crippen LogP contribution in [0.5, 0.6) is 11.5 Å². The maximum Gasteiger partial charge on any atom is 0.282 e. The van der Waals surface area contributed by atoms with E-state index in [9.17, 15) is 9.59 Å². The summed E-state index contributed by atoms with van der Waals surface area (Å²) in [4.78, 5) is 30.9. The molecule has 0 saturated carbocycles. The van der Waals surface area contributed by atoms with Gasteiger partial charge in [-0.15, -0.1) is 0 Å². The molecule has 0 radical (unpaired) electrons. The summed E-state index contributed by atoms with van der Waals surface area (Å²) >= 11 is 0. The normalized spacial score (nSPS) is 21.4. The molecule has 2 aliphatic rings. The van der Waals surface area contributed by atoms with E-state index in [0.29, 0.717) is 53.7 Å². The third kappa shape index (κ3) is 3.84. The lowest BCUT2D eigenvalue weighted by molar-refractivity contribution is -0.121. The van der Waals surface area contributed by atoms with Gasteiger partial charge in [0.1, 0.15) is 17.2 Å². The van der Waals surface area contributed by atoms with Crippen LogP contribution in [0.25, 0.3) is 5.57 Å². The molecule has 1 fully saturated rings. The number of anilines is 1. The van der Waals surface area contributed by atoms with Crippen molar-refractivity contribution in [1.29, 1.82) is 0 Å². The number of carbonyl (C=O) groups is 2. The van der Waals surface area contributed by atoms with Gasteiger partial charge in [-0.2, -0.15) is 0 Å². The van der Waals surface area contributed by atoms with Crippen LogP contribution in [0.4, 0.5) is 5.69 Å². The van der Waals surface area contributed by atoms with Crippen molar-refractivity contribution in [3.8, 4) is 11.5 Å². The number of benzene rings is 2. The molecule has 7 heteroatoms. The molecule has 32 heavy (non-hydrogen) atoms. The van der Waals surface area contributed by atoms with Crippen LogP contribution < -0.4 is 14.4 Å². The molecule has 168 valence electrons. The number of carbonyl (C=O) groups excluding carboxylic acids is 2. The Bertz CT molecular complexity index is 1050. The Morgan fingerprint density at radius 3 is 2.22 bits per heavy atom. The number of morpholine rings is 1. The number of imide groups is 1. The summed E-state index contributed by atoms with van der Waals surface area (Å²) in [6.45, 7) is 7.25. The Morgan fingerprint density at radius 1 is 0.938 bits per heavy atom. The largest absolute Gasteiger partial charge is 0.496 e. The summed E-state index contributed by atoms with van der Waals surface area (Å²) < 4.78 is 17.1. The highest BCUT2D eigenvalue weighted by Crippen LogP contribution is 2.41. The standard InChI is InChI=1S/C25H28N2O5/c1-5-31-21-13-9-7-11-19(21)27-24(28)22(18-10-6-8-12-20(18)30-4)23(25(27)29)26-14-16(2)32-17(3)15-26/h6-13,16-17H,5,14-15H2,1-4H3. The van der Waals surface area contributed by atoms with E-state index in [1.54, 1.807) is 31.4 Å². The summed E-state index contributed by atoms with van der Waals surface area (Å²) in [7, 11) is 1.56. The molecule has 7 nitrogen and oxygen atoms in total. The van der Waals surface area contributed by atoms with E-state index in [2.05, 4.69) is 0 Å². The first kappa shape index (κ1) is 21.9. The Balaban J connectivity index is 1.88. The average molecular weight is 437 g/mol. The monoisotopic (exact) mass is 436 g/mol. The molecule has 0 spiro atoms. The second kappa shape index (κ2) is 9.04. The molecular weight excluding hydrogens is 408 g/mol. The molecule has 2 aromatic carbocycles. The van der Waals surface area contributed by atoms with Gasteiger partial charge in [0, 0.05) is 18.7 Å². The summed E-state index contributed by atoms with van der Waals surface area (Å²) in [6.07, 6.45) is -0.143. The second-order valence-corrected chi connectivity index (χ2v) is 7.93. The Morgan fingerprint density at radius 2 is 1.56 bits per heavy atom. The van der Waals surface area contributed by atoms with Gasteiger partial charge in [-0.3, -0.25) is 9.59 Å². The van der Waals surface area contributed by atoms with E-state index in [0.717, 1.165) is 0 Å². The first-order valence-electron chi connectivity index (χ1n) is 10.8. The molecule has 1 saturated heterocycles. The Labute approximate surface area is 188 Å². The van der Waals surface area contributed by atoms with Gasteiger partial charge in [-0.1, -0.05) is 30.3 Å². The minimum absolute atomic E-state index is 0.0715. The number of nitrogens with zero attached hydrogens (tertiary/aromatic N) is 2. The van der Waals surface area contributed by atoms with Crippen molar-refractivity contribution in [3.05, 3.63) is 59.8 Å². The fourth-order valence-corrected chi connectivity index (χ4v) is 4.40. The summed E-state index contributed by atoms with van der Waals surface area (Å²) in [5, 5.41) is 0. The highest BCUT2D eigenvalue weighted by molar-refractivity contribution is 6.46. The molecule has 2 unspecified atom stereocenters. The zero-order valence-corrected chi connectivity index (χ0v) is 18.8. The fraction of sp³-hybridized carbons (Fsp3) is 0.360. The van der Waals surface area contributed by atoms with Gasteiger partial charge in [0.15, 0.2) is 0 Å². The minimum atomic E-state index is -0.395. The molecule has 2 aliphatic heterocycles. The van der Waals surface area contributed by atoms with Crippen LogP contribution in [0.2, 0.25) is 0 Å². The molecule has 4 rings (SSSR count). The van der Waals surface area contributed by atoms with Crippen LogP contribution in [0.15, 0.2) is 54.2 Å². The quantitative estimate of drug-likeness (QED) is 0.646. The molecule has 0 aromatic heterocycles. The summed E-state index contributed by atoms with van der Waals surface area (Å²) in [5.41, 5.74) is 1.72. The lowest BCUT2D eigenvalue weighted by Gasteiger charge is -2.37. The number of ether oxygens (including phenoxy) is 3. The highest BCUT2D eigenvalue weighted by Gasteiger charge is 2.45. The van der Waals surface area contributed by atoms with Crippen LogP contribution in [-0.4, -0.2) is 55.7 Å². The van der Waals surface area contributed by atoms with Crippen molar-refractivity contribution in [2.45, 2.75) is 33.0 Å². The topological polar surface area (TPSA) is 68.3 Å². The van der Waals surface area contributed by atoms with E-state index in [1.165, 1.54) is 4.90 Å². The van der Waals surface area contributed by atoms with Gasteiger partial charge in [0.05, 0.1) is 37.2 Å². The number of para-hydroxylation sites is 3. The molecule has 2 atom stereocenters. The molecule has 2 aromatic rings. The first-order chi connectivity index (χ1) is 15.5. The Hall–Kier alpha value is -3.32. The zero-order chi connectivity index (χ0) is 22.8. The van der Waals surface area contributed by atoms with Crippen molar-refractivity contribution in [2.75, 3.05) is 31.7 Å². The third-order valence-corrected chi connectivity index (χ3v) is 5.58. The molecule has 2 amide bonds. The molecule has 0 aliphatic carbocycles. The van der Waals surface area contributed by atoms with Crippen molar-refractivity contribution in [3.63, 3.8) is 0 Å². The number of amides is 2. The number of hydrogen-bond acceptors (Lipinski definition) is 6. The van der Waals surface area contributed by atoms with Crippen LogP contribution >= 0.6 is 0 Å². The predicted molar refractivity (Wildman–Crippen MR) is 122 cm³/mol. The van der Waals surface area contributed by atoms with Gasteiger partial charge in [0.25, 0.3) is 11.8 Å². The van der Waals surface area contributed by atoms with Gasteiger partial charge in [0.2, 0.25) is 0 Å². The number of hydrogen-bond donors (Lipinski definition) is 0. The fourth-order valence-electron chi connectivity index (χ4n) is 4.40. The van der Waals surface area contributed by atoms with Crippen molar-refractivity contribution in [2.24, 2.45) is 0 Å². The lowest BCUT2D eigenvalue weighted by atomic mass is 10.0. The predicted octanol–water partition coefficient (Wildman–Crippen LogP) is 3.49. The van der Waals surface area contributed by atoms with Crippen LogP contribution in [0.3, 0.4) is 0 Å². The van der Waals surface area contributed by atoms with E-state index in [4.69, 9.17) is 14.2 Å². The molecule has 0 bridgehead atoms. The second-order valence-electron chi connectivity index (χ2n) is 7.93. The van der Waals surface area contributed by atoms with E-state index in [-0.39, 0.29) is 18.1 Å². The molecular formula is C25H28N2O5. The highest BCUT2D eigenvalue weighted by atomic mass is 16.5. The van der Waals surface area contributed by atoms with Crippen LogP contribution in [-0.2, 0) is 14.3 Å². The smallest absolute Gasteiger partial charge is 0.282 e. The maximum atomic E-state index is 13.8. The molecule has 0 N–H and O–H groups in total. The van der Waals surface area contributed by atoms with Crippen molar-refractivity contribution in [1.82, 2.24) is 4.90 Å². The summed E-state index contributed by atoms with van der Waals surface area (Å²) in [5.74, 6) is 0.259. The number of rotatable bonds is 6. The van der Waals surface area contributed by atoms with Gasteiger partial charge < -0.3 is 19.1 Å².